The maximum Gasteiger partial charge on any atom is 0.227 e. The number of nitrogens with one attached hydrogen (secondary N) is 3. The number of aromatic amines is 2. The molecule has 5 aromatic heterocycles. The number of H-pyrrole nitrogens is 2. The third kappa shape index (κ3) is 4.34. The standard InChI is InChI=1S/C28H29FN10O/c1-38-8-10-39(11-9-38)20-6-7-31-26-24(20)34-27(35-26)25-21-19(36-37-25)15-32-23(22(21)29)17-12-18(14-30-13-17)33-28(40)16-4-2-3-5-16/h6-7,12-16H,2-5,8-11H2,1H3,(H,33,40)(H,36,37)(H,31,34,35). The Labute approximate surface area is 229 Å². The number of imidazole rings is 1. The lowest BCUT2D eigenvalue weighted by atomic mass is 10.1. The van der Waals surface area contributed by atoms with Crippen molar-refractivity contribution in [1.82, 2.24) is 40.0 Å². The molecule has 11 nitrogen and oxygen atoms in total. The number of rotatable bonds is 5. The van der Waals surface area contributed by atoms with Gasteiger partial charge in [0.05, 0.1) is 34.7 Å². The summed E-state index contributed by atoms with van der Waals surface area (Å²) in [5, 5.41) is 10.5. The van der Waals surface area contributed by atoms with Gasteiger partial charge in [0.2, 0.25) is 5.91 Å². The van der Waals surface area contributed by atoms with Gasteiger partial charge in [0, 0.05) is 50.1 Å². The van der Waals surface area contributed by atoms with Gasteiger partial charge < -0.3 is 20.1 Å². The average molecular weight is 541 g/mol. The zero-order valence-corrected chi connectivity index (χ0v) is 22.1. The second-order valence-corrected chi connectivity index (χ2v) is 10.6. The van der Waals surface area contributed by atoms with E-state index in [9.17, 15) is 4.79 Å². The number of piperazine rings is 1. The molecule has 12 heteroatoms. The van der Waals surface area contributed by atoms with Crippen molar-refractivity contribution in [3.63, 3.8) is 0 Å². The van der Waals surface area contributed by atoms with Crippen LogP contribution in [0.1, 0.15) is 25.7 Å². The minimum Gasteiger partial charge on any atom is -0.367 e. The summed E-state index contributed by atoms with van der Waals surface area (Å²) in [6.07, 6.45) is 10.3. The number of hydrogen-bond acceptors (Lipinski definition) is 8. The number of halogens is 1. The lowest BCUT2D eigenvalue weighted by Crippen LogP contribution is -2.44. The second kappa shape index (κ2) is 9.94. The largest absolute Gasteiger partial charge is 0.367 e. The fourth-order valence-electron chi connectivity index (χ4n) is 5.74. The normalized spacial score (nSPS) is 16.8. The summed E-state index contributed by atoms with van der Waals surface area (Å²) in [4.78, 5) is 38.3. The Balaban J connectivity index is 1.24. The lowest BCUT2D eigenvalue weighted by molar-refractivity contribution is -0.119. The Hall–Kier alpha value is -4.45. The number of amides is 1. The summed E-state index contributed by atoms with van der Waals surface area (Å²) in [6.45, 7) is 3.73. The van der Waals surface area contributed by atoms with Crippen molar-refractivity contribution in [1.29, 1.82) is 0 Å². The van der Waals surface area contributed by atoms with Gasteiger partial charge in [-0.05, 0) is 32.0 Å². The first kappa shape index (κ1) is 24.6. The molecule has 0 aromatic carbocycles. The van der Waals surface area contributed by atoms with E-state index in [1.165, 1.54) is 6.20 Å². The van der Waals surface area contributed by atoms with Gasteiger partial charge in [0.1, 0.15) is 16.9 Å². The van der Waals surface area contributed by atoms with Crippen molar-refractivity contribution >= 4 is 39.3 Å². The van der Waals surface area contributed by atoms with Crippen LogP contribution in [0.5, 0.6) is 0 Å². The van der Waals surface area contributed by atoms with Gasteiger partial charge in [-0.15, -0.1) is 0 Å². The molecule has 6 heterocycles. The van der Waals surface area contributed by atoms with Crippen LogP contribution in [-0.2, 0) is 4.79 Å². The quantitative estimate of drug-likeness (QED) is 0.305. The van der Waals surface area contributed by atoms with E-state index in [0.717, 1.165) is 63.1 Å². The van der Waals surface area contributed by atoms with Crippen LogP contribution in [-0.4, -0.2) is 79.2 Å². The van der Waals surface area contributed by atoms with Crippen LogP contribution in [0.2, 0.25) is 0 Å². The van der Waals surface area contributed by atoms with Crippen LogP contribution < -0.4 is 10.2 Å². The number of carbonyl (C=O) groups is 1. The van der Waals surface area contributed by atoms with Crippen LogP contribution in [0.15, 0.2) is 36.9 Å². The Kier molecular flexibility index (Phi) is 6.11. The van der Waals surface area contributed by atoms with Gasteiger partial charge in [0.15, 0.2) is 17.3 Å². The molecule has 7 rings (SSSR count). The van der Waals surface area contributed by atoms with E-state index >= 15 is 4.39 Å². The Bertz CT molecular complexity index is 1720. The maximum atomic E-state index is 16.1. The van der Waals surface area contributed by atoms with Gasteiger partial charge in [0.25, 0.3) is 0 Å². The van der Waals surface area contributed by atoms with Gasteiger partial charge in [-0.25, -0.2) is 14.4 Å². The molecule has 1 amide bonds. The first-order chi connectivity index (χ1) is 19.5. The molecule has 0 atom stereocenters. The SMILES string of the molecule is CN1CCN(c2ccnc3nc(-c4n[nH]c5cnc(-c6cncc(NC(=O)C7CCCC7)c6)c(F)c45)[nH]c23)CC1. The molecule has 0 unspecified atom stereocenters. The molecular formula is C28H29FN10O. The van der Waals surface area contributed by atoms with E-state index in [2.05, 4.69) is 57.3 Å². The van der Waals surface area contributed by atoms with E-state index in [1.54, 1.807) is 24.7 Å². The minimum absolute atomic E-state index is 0.0124. The first-order valence-electron chi connectivity index (χ1n) is 13.6. The highest BCUT2D eigenvalue weighted by Gasteiger charge is 2.25. The molecule has 1 aliphatic carbocycles. The van der Waals surface area contributed by atoms with Crippen molar-refractivity contribution in [2.45, 2.75) is 25.7 Å². The molecule has 1 saturated carbocycles. The van der Waals surface area contributed by atoms with E-state index in [1.807, 2.05) is 6.07 Å². The van der Waals surface area contributed by atoms with Crippen LogP contribution in [0.25, 0.3) is 44.8 Å². The van der Waals surface area contributed by atoms with E-state index in [-0.39, 0.29) is 22.9 Å². The molecule has 0 bridgehead atoms. The van der Waals surface area contributed by atoms with Crippen molar-refractivity contribution in [3.05, 3.63) is 42.7 Å². The topological polar surface area (TPSA) is 132 Å². The Morgan fingerprint density at radius 3 is 2.73 bits per heavy atom. The molecule has 1 aliphatic heterocycles. The highest BCUT2D eigenvalue weighted by atomic mass is 19.1. The van der Waals surface area contributed by atoms with Gasteiger partial charge in [-0.3, -0.25) is 19.9 Å². The van der Waals surface area contributed by atoms with Gasteiger partial charge in [-0.1, -0.05) is 12.8 Å². The smallest absolute Gasteiger partial charge is 0.227 e. The number of hydrogen-bond donors (Lipinski definition) is 3. The summed E-state index contributed by atoms with van der Waals surface area (Å²) in [7, 11) is 2.12. The molecule has 204 valence electrons. The molecule has 40 heavy (non-hydrogen) atoms. The molecule has 0 spiro atoms. The summed E-state index contributed by atoms with van der Waals surface area (Å²) < 4.78 is 16.1. The number of likely N-dealkylation sites (N-methyl/N-ethyl adjacent to an activating group) is 1. The number of pyridine rings is 3. The van der Waals surface area contributed by atoms with E-state index < -0.39 is 5.82 Å². The van der Waals surface area contributed by atoms with Gasteiger partial charge in [-0.2, -0.15) is 5.10 Å². The van der Waals surface area contributed by atoms with Gasteiger partial charge >= 0.3 is 0 Å². The monoisotopic (exact) mass is 540 g/mol. The number of fused-ring (bicyclic) bond motifs is 2. The third-order valence-electron chi connectivity index (χ3n) is 7.99. The highest BCUT2D eigenvalue weighted by Crippen LogP contribution is 2.34. The van der Waals surface area contributed by atoms with Crippen LogP contribution in [0, 0.1) is 11.7 Å². The number of nitrogens with zero attached hydrogens (tertiary/aromatic N) is 7. The van der Waals surface area contributed by atoms with Crippen molar-refractivity contribution < 1.29 is 9.18 Å². The maximum absolute atomic E-state index is 16.1. The van der Waals surface area contributed by atoms with Crippen LogP contribution in [0.4, 0.5) is 15.8 Å². The molecule has 2 fully saturated rings. The lowest BCUT2D eigenvalue weighted by Gasteiger charge is -2.34. The summed E-state index contributed by atoms with van der Waals surface area (Å²) in [5.74, 6) is -0.137. The molecule has 5 aromatic rings. The molecule has 2 aliphatic rings. The fourth-order valence-corrected chi connectivity index (χ4v) is 5.74. The number of carbonyl (C=O) groups excluding carboxylic acids is 1. The average Bonchev–Trinajstić information content (AvgIpc) is 3.73. The van der Waals surface area contributed by atoms with Crippen molar-refractivity contribution in [2.24, 2.45) is 5.92 Å². The van der Waals surface area contributed by atoms with Crippen LogP contribution >= 0.6 is 0 Å². The summed E-state index contributed by atoms with van der Waals surface area (Å²) in [5.41, 5.74) is 4.24. The zero-order chi connectivity index (χ0) is 27.2. The van der Waals surface area contributed by atoms with Crippen molar-refractivity contribution in [3.8, 4) is 22.8 Å². The summed E-state index contributed by atoms with van der Waals surface area (Å²) >= 11 is 0. The fraction of sp³-hybridized carbons (Fsp3) is 0.357. The van der Waals surface area contributed by atoms with Crippen LogP contribution in [0.3, 0.4) is 0 Å². The predicted octanol–water partition coefficient (Wildman–Crippen LogP) is 3.98. The van der Waals surface area contributed by atoms with Crippen molar-refractivity contribution in [2.75, 3.05) is 43.4 Å². The second-order valence-electron chi connectivity index (χ2n) is 10.6. The Morgan fingerprint density at radius 1 is 1.07 bits per heavy atom. The zero-order valence-electron chi connectivity index (χ0n) is 22.1. The number of anilines is 2. The molecule has 0 radical (unpaired) electrons. The number of aromatic nitrogens is 7. The molecular weight excluding hydrogens is 511 g/mol. The molecule has 1 saturated heterocycles. The third-order valence-corrected chi connectivity index (χ3v) is 7.99. The van der Waals surface area contributed by atoms with E-state index in [4.69, 9.17) is 0 Å². The first-order valence-corrected chi connectivity index (χ1v) is 13.6. The van der Waals surface area contributed by atoms with E-state index in [0.29, 0.717) is 33.9 Å². The highest BCUT2D eigenvalue weighted by molar-refractivity contribution is 5.97. The predicted molar refractivity (Wildman–Crippen MR) is 150 cm³/mol. The minimum atomic E-state index is -0.546. The summed E-state index contributed by atoms with van der Waals surface area (Å²) in [6, 6.07) is 3.68. The molecule has 3 N–H and O–H groups in total. The Morgan fingerprint density at radius 2 is 1.90 bits per heavy atom.